The first-order valence-corrected chi connectivity index (χ1v) is 9.65. The summed E-state index contributed by atoms with van der Waals surface area (Å²) in [5.74, 6) is -1.49. The molecule has 2 aromatic rings. The smallest absolute Gasteiger partial charge is 0.341 e. The summed E-state index contributed by atoms with van der Waals surface area (Å²) in [6.45, 7) is 2.40. The van der Waals surface area contributed by atoms with Gasteiger partial charge < -0.3 is 19.7 Å². The van der Waals surface area contributed by atoms with Gasteiger partial charge in [-0.05, 0) is 36.2 Å². The Morgan fingerprint density at radius 1 is 1.00 bits per heavy atom. The number of anilines is 1. The summed E-state index contributed by atoms with van der Waals surface area (Å²) < 4.78 is 9.54. The number of nitrogens with zero attached hydrogens (tertiary/aromatic N) is 1. The molecule has 2 amide bonds. The summed E-state index contributed by atoms with van der Waals surface area (Å²) in [7, 11) is 2.57. The number of nitrogens with one attached hydrogen (secondary N) is 1. The summed E-state index contributed by atoms with van der Waals surface area (Å²) in [5, 5.41) is 3.15. The fourth-order valence-corrected chi connectivity index (χ4v) is 4.38. The van der Waals surface area contributed by atoms with Crippen LogP contribution in [0.25, 0.3) is 0 Å². The van der Waals surface area contributed by atoms with E-state index in [2.05, 4.69) is 10.1 Å². The molecule has 0 bridgehead atoms. The number of benzene rings is 1. The van der Waals surface area contributed by atoms with Crippen molar-refractivity contribution in [3.05, 3.63) is 51.4 Å². The van der Waals surface area contributed by atoms with E-state index in [-0.39, 0.29) is 5.91 Å². The molecule has 1 aromatic carbocycles. The van der Waals surface area contributed by atoms with Crippen LogP contribution in [0.5, 0.6) is 0 Å². The second kappa shape index (κ2) is 8.44. The molecule has 2 heterocycles. The van der Waals surface area contributed by atoms with Crippen LogP contribution in [0.2, 0.25) is 0 Å². The highest BCUT2D eigenvalue weighted by atomic mass is 32.1. The number of ether oxygens (including phenoxy) is 2. The molecule has 152 valence electrons. The molecule has 1 aliphatic heterocycles. The molecule has 0 radical (unpaired) electrons. The van der Waals surface area contributed by atoms with Crippen LogP contribution in [0.3, 0.4) is 0 Å². The van der Waals surface area contributed by atoms with E-state index in [1.165, 1.54) is 56.7 Å². The maximum absolute atomic E-state index is 12.7. The average Bonchev–Trinajstić information content (AvgIpc) is 3.09. The Labute approximate surface area is 171 Å². The van der Waals surface area contributed by atoms with Crippen molar-refractivity contribution in [2.24, 2.45) is 0 Å². The van der Waals surface area contributed by atoms with Gasteiger partial charge >= 0.3 is 11.9 Å². The number of hydrogen-bond donors (Lipinski definition) is 1. The van der Waals surface area contributed by atoms with Crippen LogP contribution in [0.1, 0.15) is 48.4 Å². The third-order valence-corrected chi connectivity index (χ3v) is 5.82. The lowest BCUT2D eigenvalue weighted by molar-refractivity contribution is -0.129. The van der Waals surface area contributed by atoms with Gasteiger partial charge in [0.15, 0.2) is 0 Å². The van der Waals surface area contributed by atoms with E-state index in [0.29, 0.717) is 41.2 Å². The van der Waals surface area contributed by atoms with E-state index in [1.54, 1.807) is 4.90 Å². The van der Waals surface area contributed by atoms with Crippen LogP contribution in [0, 0.1) is 0 Å². The second-order valence-corrected chi connectivity index (χ2v) is 7.52. The standard InChI is InChI=1S/C20H20N2O6S/c1-11(23)22-9-8-14-15(10-22)29-18(16(14)20(26)28-3)21-17(24)12-4-6-13(7-5-12)19(25)27-2/h4-7H,8-10H2,1-3H3,(H,21,24). The lowest BCUT2D eigenvalue weighted by Gasteiger charge is -2.25. The van der Waals surface area contributed by atoms with Gasteiger partial charge in [-0.3, -0.25) is 9.59 Å². The zero-order valence-corrected chi connectivity index (χ0v) is 17.1. The van der Waals surface area contributed by atoms with Gasteiger partial charge in [0.1, 0.15) is 5.00 Å². The fraction of sp³-hybridized carbons (Fsp3) is 0.300. The molecule has 0 saturated heterocycles. The van der Waals surface area contributed by atoms with Crippen molar-refractivity contribution in [3.8, 4) is 0 Å². The Kier molecular flexibility index (Phi) is 5.97. The van der Waals surface area contributed by atoms with E-state index >= 15 is 0 Å². The predicted molar refractivity (Wildman–Crippen MR) is 106 cm³/mol. The van der Waals surface area contributed by atoms with Gasteiger partial charge in [-0.25, -0.2) is 9.59 Å². The van der Waals surface area contributed by atoms with Gasteiger partial charge in [0.2, 0.25) is 5.91 Å². The van der Waals surface area contributed by atoms with Crippen molar-refractivity contribution in [2.45, 2.75) is 19.9 Å². The third-order valence-electron chi connectivity index (χ3n) is 4.69. The average molecular weight is 416 g/mol. The molecule has 0 spiro atoms. The number of methoxy groups -OCH3 is 2. The number of esters is 2. The molecule has 0 fully saturated rings. The molecule has 1 aliphatic rings. The maximum Gasteiger partial charge on any atom is 0.341 e. The molecular formula is C20H20N2O6S. The summed E-state index contributed by atoms with van der Waals surface area (Å²) in [6.07, 6.45) is 0.513. The van der Waals surface area contributed by atoms with Crippen LogP contribution < -0.4 is 5.32 Å². The van der Waals surface area contributed by atoms with Crippen LogP contribution in [-0.2, 0) is 27.2 Å². The number of thiophene rings is 1. The molecule has 0 saturated carbocycles. The normalized spacial score (nSPS) is 12.7. The van der Waals surface area contributed by atoms with Gasteiger partial charge in [-0.2, -0.15) is 0 Å². The monoisotopic (exact) mass is 416 g/mol. The zero-order chi connectivity index (χ0) is 21.1. The van der Waals surface area contributed by atoms with Gasteiger partial charge in [-0.1, -0.05) is 0 Å². The SMILES string of the molecule is COC(=O)c1ccc(C(=O)Nc2sc3c(c2C(=O)OC)CCN(C(C)=O)C3)cc1. The maximum atomic E-state index is 12.7. The quantitative estimate of drug-likeness (QED) is 0.769. The highest BCUT2D eigenvalue weighted by Gasteiger charge is 2.30. The minimum absolute atomic E-state index is 0.0417. The molecule has 0 unspecified atom stereocenters. The van der Waals surface area contributed by atoms with E-state index in [9.17, 15) is 19.2 Å². The Balaban J connectivity index is 1.88. The minimum Gasteiger partial charge on any atom is -0.465 e. The van der Waals surface area contributed by atoms with Gasteiger partial charge in [0.05, 0.1) is 31.9 Å². The molecule has 0 aliphatic carbocycles. The van der Waals surface area contributed by atoms with Crippen molar-refractivity contribution in [2.75, 3.05) is 26.1 Å². The topological polar surface area (TPSA) is 102 Å². The third kappa shape index (κ3) is 4.14. The molecule has 8 nitrogen and oxygen atoms in total. The molecule has 1 aromatic heterocycles. The van der Waals surface area contributed by atoms with Gasteiger partial charge in [0, 0.05) is 23.9 Å². The van der Waals surface area contributed by atoms with Crippen molar-refractivity contribution in [3.63, 3.8) is 0 Å². The highest BCUT2D eigenvalue weighted by molar-refractivity contribution is 7.17. The number of hydrogen-bond acceptors (Lipinski definition) is 7. The molecule has 9 heteroatoms. The molecule has 1 N–H and O–H groups in total. The Bertz CT molecular complexity index is 980. The molecular weight excluding hydrogens is 396 g/mol. The number of fused-ring (bicyclic) bond motifs is 1. The minimum atomic E-state index is -0.532. The second-order valence-electron chi connectivity index (χ2n) is 6.41. The van der Waals surface area contributed by atoms with Gasteiger partial charge in [0.25, 0.3) is 5.91 Å². The number of carbonyl (C=O) groups is 4. The Morgan fingerprint density at radius 3 is 2.21 bits per heavy atom. The van der Waals surface area contributed by atoms with E-state index in [0.717, 1.165) is 10.4 Å². The Hall–Kier alpha value is -3.20. The summed E-state index contributed by atoms with van der Waals surface area (Å²) >= 11 is 1.26. The van der Waals surface area contributed by atoms with Crippen LogP contribution in [-0.4, -0.2) is 49.4 Å². The highest BCUT2D eigenvalue weighted by Crippen LogP contribution is 2.37. The van der Waals surface area contributed by atoms with E-state index < -0.39 is 17.8 Å². The van der Waals surface area contributed by atoms with E-state index in [4.69, 9.17) is 4.74 Å². The van der Waals surface area contributed by atoms with Crippen LogP contribution in [0.15, 0.2) is 24.3 Å². The lowest BCUT2D eigenvalue weighted by atomic mass is 10.0. The lowest BCUT2D eigenvalue weighted by Crippen LogP contribution is -2.33. The first-order chi connectivity index (χ1) is 13.8. The van der Waals surface area contributed by atoms with Crippen molar-refractivity contribution in [1.82, 2.24) is 4.90 Å². The first kappa shape index (κ1) is 20.5. The first-order valence-electron chi connectivity index (χ1n) is 8.83. The molecule has 29 heavy (non-hydrogen) atoms. The molecule has 0 atom stereocenters. The predicted octanol–water partition coefficient (Wildman–Crippen LogP) is 2.48. The summed E-state index contributed by atoms with van der Waals surface area (Å²) in [5.41, 5.74) is 1.78. The number of amides is 2. The summed E-state index contributed by atoms with van der Waals surface area (Å²) in [4.78, 5) is 50.8. The summed E-state index contributed by atoms with van der Waals surface area (Å²) in [6, 6.07) is 5.99. The van der Waals surface area contributed by atoms with Crippen LogP contribution >= 0.6 is 11.3 Å². The number of carbonyl (C=O) groups excluding carboxylic acids is 4. The van der Waals surface area contributed by atoms with Gasteiger partial charge in [-0.15, -0.1) is 11.3 Å². The van der Waals surface area contributed by atoms with Crippen LogP contribution in [0.4, 0.5) is 5.00 Å². The van der Waals surface area contributed by atoms with E-state index in [1.807, 2.05) is 0 Å². The largest absolute Gasteiger partial charge is 0.465 e. The fourth-order valence-electron chi connectivity index (χ4n) is 3.13. The van der Waals surface area contributed by atoms with Crippen molar-refractivity contribution in [1.29, 1.82) is 0 Å². The number of rotatable bonds is 4. The Morgan fingerprint density at radius 2 is 1.62 bits per heavy atom. The van der Waals surface area contributed by atoms with Crippen molar-refractivity contribution >= 4 is 40.1 Å². The van der Waals surface area contributed by atoms with Crippen molar-refractivity contribution < 1.29 is 28.7 Å². The molecule has 3 rings (SSSR count). The zero-order valence-electron chi connectivity index (χ0n) is 16.2.